The van der Waals surface area contributed by atoms with Crippen molar-refractivity contribution in [2.45, 2.75) is 13.8 Å². The highest BCUT2D eigenvalue weighted by Crippen LogP contribution is 2.35. The smallest absolute Gasteiger partial charge is 0.335 e. The summed E-state index contributed by atoms with van der Waals surface area (Å²) in [7, 11) is 0. The van der Waals surface area contributed by atoms with Crippen molar-refractivity contribution in [1.29, 1.82) is 0 Å². The molecule has 0 saturated heterocycles. The SMILES string of the molecule is Cc1cc(C)cc(/C=C/c2ccc(-c3ccc(/C=C/c4ccc(C(=O)O)cc4)s3)s2)c1. The summed E-state index contributed by atoms with van der Waals surface area (Å²) in [5.41, 5.74) is 5.07. The van der Waals surface area contributed by atoms with Gasteiger partial charge in [-0.15, -0.1) is 22.7 Å². The second kappa shape index (κ2) is 9.29. The van der Waals surface area contributed by atoms with Crippen molar-refractivity contribution in [2.75, 3.05) is 0 Å². The van der Waals surface area contributed by atoms with Gasteiger partial charge in [-0.1, -0.05) is 53.6 Å². The number of carbonyl (C=O) groups is 1. The fraction of sp³-hybridized carbons (Fsp3) is 0.0741. The van der Waals surface area contributed by atoms with Gasteiger partial charge in [0.2, 0.25) is 0 Å². The number of hydrogen-bond donors (Lipinski definition) is 1. The lowest BCUT2D eigenvalue weighted by Crippen LogP contribution is -1.94. The van der Waals surface area contributed by atoms with Gasteiger partial charge in [0, 0.05) is 19.5 Å². The second-order valence-corrected chi connectivity index (χ2v) is 9.65. The van der Waals surface area contributed by atoms with E-state index in [0.29, 0.717) is 5.56 Å². The van der Waals surface area contributed by atoms with Gasteiger partial charge in [-0.05, 0) is 73.5 Å². The Kier molecular flexibility index (Phi) is 6.31. The van der Waals surface area contributed by atoms with E-state index in [1.165, 1.54) is 31.3 Å². The van der Waals surface area contributed by atoms with Gasteiger partial charge < -0.3 is 5.11 Å². The van der Waals surface area contributed by atoms with Crippen LogP contribution in [0.2, 0.25) is 0 Å². The van der Waals surface area contributed by atoms with Gasteiger partial charge in [-0.3, -0.25) is 0 Å². The molecule has 0 saturated carbocycles. The van der Waals surface area contributed by atoms with Crippen molar-refractivity contribution in [2.24, 2.45) is 0 Å². The lowest BCUT2D eigenvalue weighted by atomic mass is 10.1. The molecule has 0 atom stereocenters. The predicted molar refractivity (Wildman–Crippen MR) is 135 cm³/mol. The molecule has 4 rings (SSSR count). The monoisotopic (exact) mass is 442 g/mol. The van der Waals surface area contributed by atoms with Crippen molar-refractivity contribution in [3.63, 3.8) is 0 Å². The van der Waals surface area contributed by atoms with Gasteiger partial charge in [0.15, 0.2) is 0 Å². The van der Waals surface area contributed by atoms with Crippen LogP contribution >= 0.6 is 22.7 Å². The maximum absolute atomic E-state index is 11.0. The third-order valence-electron chi connectivity index (χ3n) is 4.78. The summed E-state index contributed by atoms with van der Waals surface area (Å²) in [6.45, 7) is 4.25. The number of carboxylic acids is 1. The zero-order valence-corrected chi connectivity index (χ0v) is 19.0. The van der Waals surface area contributed by atoms with Crippen LogP contribution < -0.4 is 0 Å². The maximum atomic E-state index is 11.0. The molecule has 2 nitrogen and oxygen atoms in total. The molecule has 0 spiro atoms. The average molecular weight is 443 g/mol. The lowest BCUT2D eigenvalue weighted by Gasteiger charge is -1.99. The fourth-order valence-electron chi connectivity index (χ4n) is 3.35. The Morgan fingerprint density at radius 1 is 0.677 bits per heavy atom. The minimum absolute atomic E-state index is 0.302. The summed E-state index contributed by atoms with van der Waals surface area (Å²) in [4.78, 5) is 15.9. The molecular formula is C27H22O2S2. The number of aryl methyl sites for hydroxylation is 2. The first-order valence-electron chi connectivity index (χ1n) is 9.94. The molecule has 2 aromatic carbocycles. The Bertz CT molecular complexity index is 1250. The van der Waals surface area contributed by atoms with Crippen LogP contribution in [0.3, 0.4) is 0 Å². The highest BCUT2D eigenvalue weighted by molar-refractivity contribution is 7.23. The molecule has 2 heterocycles. The molecule has 2 aromatic heterocycles. The van der Waals surface area contributed by atoms with E-state index >= 15 is 0 Å². The van der Waals surface area contributed by atoms with E-state index in [0.717, 1.165) is 10.4 Å². The summed E-state index contributed by atoms with van der Waals surface area (Å²) >= 11 is 3.54. The normalized spacial score (nSPS) is 11.5. The molecule has 0 aliphatic heterocycles. The topological polar surface area (TPSA) is 37.3 Å². The summed E-state index contributed by atoms with van der Waals surface area (Å²) in [5, 5.41) is 8.99. The van der Waals surface area contributed by atoms with Crippen LogP contribution in [0.4, 0.5) is 0 Å². The first-order valence-corrected chi connectivity index (χ1v) is 11.6. The summed E-state index contributed by atoms with van der Waals surface area (Å²) in [6.07, 6.45) is 8.43. The van der Waals surface area contributed by atoms with Crippen LogP contribution in [0, 0.1) is 13.8 Å². The van der Waals surface area contributed by atoms with E-state index in [1.807, 2.05) is 18.2 Å². The number of rotatable bonds is 6. The molecule has 0 radical (unpaired) electrons. The molecular weight excluding hydrogens is 420 g/mol. The maximum Gasteiger partial charge on any atom is 0.335 e. The number of carboxylic acid groups (broad SMARTS) is 1. The van der Waals surface area contributed by atoms with Crippen molar-refractivity contribution in [3.8, 4) is 9.75 Å². The number of thiophene rings is 2. The molecule has 154 valence electrons. The quantitative estimate of drug-likeness (QED) is 0.327. The van der Waals surface area contributed by atoms with Crippen LogP contribution in [0.5, 0.6) is 0 Å². The van der Waals surface area contributed by atoms with E-state index < -0.39 is 5.97 Å². The van der Waals surface area contributed by atoms with Gasteiger partial charge in [-0.2, -0.15) is 0 Å². The van der Waals surface area contributed by atoms with Crippen LogP contribution in [-0.2, 0) is 0 Å². The molecule has 0 bridgehead atoms. The fourth-order valence-corrected chi connectivity index (χ4v) is 5.26. The van der Waals surface area contributed by atoms with E-state index in [9.17, 15) is 4.79 Å². The van der Waals surface area contributed by atoms with Crippen molar-refractivity contribution in [3.05, 3.63) is 104 Å². The molecule has 0 aliphatic rings. The predicted octanol–water partition coefficient (Wildman–Crippen LogP) is 8.13. The third-order valence-corrected chi connectivity index (χ3v) is 7.07. The molecule has 0 amide bonds. The minimum atomic E-state index is -0.905. The Labute approximate surface area is 190 Å². The second-order valence-electron chi connectivity index (χ2n) is 7.42. The van der Waals surface area contributed by atoms with E-state index in [1.54, 1.807) is 34.8 Å². The third kappa shape index (κ3) is 5.48. The van der Waals surface area contributed by atoms with Gasteiger partial charge in [0.25, 0.3) is 0 Å². The van der Waals surface area contributed by atoms with E-state index in [2.05, 4.69) is 74.5 Å². The van der Waals surface area contributed by atoms with E-state index in [-0.39, 0.29) is 0 Å². The first kappa shape index (κ1) is 21.0. The standard InChI is InChI=1S/C27H22O2S2/c1-18-15-19(2)17-21(16-18)6-10-24-12-14-26(31-24)25-13-11-23(30-25)9-5-20-3-7-22(8-4-20)27(28)29/h3-17H,1-2H3,(H,28,29)/b9-5+,10-6+. The molecule has 1 N–H and O–H groups in total. The average Bonchev–Trinajstić information content (AvgIpc) is 3.40. The summed E-state index contributed by atoms with van der Waals surface area (Å²) < 4.78 is 0. The Morgan fingerprint density at radius 2 is 1.19 bits per heavy atom. The first-order chi connectivity index (χ1) is 15.0. The Balaban J connectivity index is 1.45. The summed E-state index contributed by atoms with van der Waals surface area (Å²) in [5.74, 6) is -0.905. The molecule has 0 aliphatic carbocycles. The van der Waals surface area contributed by atoms with E-state index in [4.69, 9.17) is 5.11 Å². The van der Waals surface area contributed by atoms with Gasteiger partial charge in [-0.25, -0.2) is 4.79 Å². The van der Waals surface area contributed by atoms with Gasteiger partial charge in [0.05, 0.1) is 5.56 Å². The number of aromatic carboxylic acids is 1. The molecule has 4 heteroatoms. The van der Waals surface area contributed by atoms with Crippen LogP contribution in [0.25, 0.3) is 34.1 Å². The molecule has 0 unspecified atom stereocenters. The number of hydrogen-bond acceptors (Lipinski definition) is 3. The van der Waals surface area contributed by atoms with Gasteiger partial charge in [0.1, 0.15) is 0 Å². The molecule has 4 aromatic rings. The largest absolute Gasteiger partial charge is 0.478 e. The molecule has 31 heavy (non-hydrogen) atoms. The zero-order valence-electron chi connectivity index (χ0n) is 17.3. The highest BCUT2D eigenvalue weighted by Gasteiger charge is 2.05. The lowest BCUT2D eigenvalue weighted by molar-refractivity contribution is 0.0697. The molecule has 0 fully saturated rings. The Hall–Kier alpha value is -3.21. The van der Waals surface area contributed by atoms with Crippen molar-refractivity contribution >= 4 is 52.9 Å². The van der Waals surface area contributed by atoms with Crippen LogP contribution in [0.1, 0.15) is 42.4 Å². The minimum Gasteiger partial charge on any atom is -0.478 e. The highest BCUT2D eigenvalue weighted by atomic mass is 32.1. The number of benzene rings is 2. The van der Waals surface area contributed by atoms with Gasteiger partial charge >= 0.3 is 5.97 Å². The zero-order chi connectivity index (χ0) is 21.8. The van der Waals surface area contributed by atoms with Crippen molar-refractivity contribution in [1.82, 2.24) is 0 Å². The van der Waals surface area contributed by atoms with Crippen molar-refractivity contribution < 1.29 is 9.90 Å². The van der Waals surface area contributed by atoms with Crippen LogP contribution in [0.15, 0.2) is 66.7 Å². The Morgan fingerprint density at radius 3 is 1.71 bits per heavy atom. The summed E-state index contributed by atoms with van der Waals surface area (Å²) in [6, 6.07) is 22.1. The van der Waals surface area contributed by atoms with Crippen LogP contribution in [-0.4, -0.2) is 11.1 Å².